The van der Waals surface area contributed by atoms with Crippen LogP contribution in [0.3, 0.4) is 0 Å². The van der Waals surface area contributed by atoms with Crippen LogP contribution in [-0.4, -0.2) is 59.9 Å². The van der Waals surface area contributed by atoms with E-state index in [0.717, 1.165) is 67.8 Å². The third-order valence-corrected chi connectivity index (χ3v) is 7.94. The third-order valence-electron chi connectivity index (χ3n) is 6.84. The van der Waals surface area contributed by atoms with Crippen LogP contribution >= 0.6 is 11.3 Å². The van der Waals surface area contributed by atoms with Gasteiger partial charge in [-0.2, -0.15) is 0 Å². The van der Waals surface area contributed by atoms with Crippen molar-refractivity contribution in [2.24, 2.45) is 0 Å². The van der Waals surface area contributed by atoms with E-state index in [9.17, 15) is 4.79 Å². The minimum absolute atomic E-state index is 0.111. The van der Waals surface area contributed by atoms with Crippen molar-refractivity contribution in [1.29, 1.82) is 0 Å². The van der Waals surface area contributed by atoms with Crippen molar-refractivity contribution in [3.63, 3.8) is 0 Å². The zero-order valence-corrected chi connectivity index (χ0v) is 20.0. The molecule has 1 aromatic carbocycles. The van der Waals surface area contributed by atoms with Gasteiger partial charge in [-0.15, -0.1) is 11.3 Å². The molecule has 2 aliphatic heterocycles. The lowest BCUT2D eigenvalue weighted by Crippen LogP contribution is -2.47. The molecule has 2 fully saturated rings. The first kappa shape index (κ1) is 21.3. The number of benzene rings is 1. The van der Waals surface area contributed by atoms with Gasteiger partial charge in [0.15, 0.2) is 5.78 Å². The molecule has 5 rings (SSSR count). The highest BCUT2D eigenvalue weighted by Crippen LogP contribution is 2.36. The van der Waals surface area contributed by atoms with Gasteiger partial charge in [0.05, 0.1) is 11.9 Å². The fraction of sp³-hybridized carbons (Fsp3) is 0.480. The molecule has 2 aromatic heterocycles. The lowest BCUT2D eigenvalue weighted by atomic mass is 10.1. The second kappa shape index (κ2) is 8.79. The zero-order valence-electron chi connectivity index (χ0n) is 19.2. The van der Waals surface area contributed by atoms with E-state index in [2.05, 4.69) is 40.7 Å². The van der Waals surface area contributed by atoms with Gasteiger partial charge in [-0.05, 0) is 76.5 Å². The molecule has 0 N–H and O–H groups in total. The molecular weight excluding hydrogens is 418 g/mol. The van der Waals surface area contributed by atoms with Crippen molar-refractivity contribution in [1.82, 2.24) is 14.9 Å². The average Bonchev–Trinajstić information content (AvgIpc) is 3.41. The number of aromatic nitrogens is 2. The lowest BCUT2D eigenvalue weighted by Gasteiger charge is -2.37. The zero-order chi connectivity index (χ0) is 22.2. The molecule has 6 nitrogen and oxygen atoms in total. The largest absolute Gasteiger partial charge is 0.368 e. The fourth-order valence-electron chi connectivity index (χ4n) is 4.80. The number of rotatable bonds is 5. The van der Waals surface area contributed by atoms with Crippen molar-refractivity contribution in [2.75, 3.05) is 49.1 Å². The maximum absolute atomic E-state index is 11.6. The molecule has 4 heterocycles. The van der Waals surface area contributed by atoms with Crippen LogP contribution in [0.25, 0.3) is 10.2 Å². The minimum Gasteiger partial charge on any atom is -0.368 e. The van der Waals surface area contributed by atoms with E-state index in [-0.39, 0.29) is 5.78 Å². The Labute approximate surface area is 193 Å². The van der Waals surface area contributed by atoms with Gasteiger partial charge in [0.2, 0.25) is 0 Å². The fourth-order valence-corrected chi connectivity index (χ4v) is 5.84. The van der Waals surface area contributed by atoms with Crippen molar-refractivity contribution >= 4 is 38.8 Å². The number of thiophene rings is 1. The van der Waals surface area contributed by atoms with Crippen LogP contribution in [0, 0.1) is 13.8 Å². The number of ketones is 1. The Bertz CT molecular complexity index is 1130. The summed E-state index contributed by atoms with van der Waals surface area (Å²) in [6.07, 6.45) is 2.56. The van der Waals surface area contributed by atoms with Gasteiger partial charge in [-0.3, -0.25) is 9.69 Å². The minimum atomic E-state index is 0.111. The molecule has 0 bridgehead atoms. The number of Topliss-reactive ketones (excluding diaryl/α,β-unsaturated/α-hetero) is 1. The normalized spacial score (nSPS) is 17.5. The molecule has 0 saturated carbocycles. The lowest BCUT2D eigenvalue weighted by molar-refractivity contribution is 0.101. The Hall–Kier alpha value is -2.51. The Balaban J connectivity index is 1.38. The summed E-state index contributed by atoms with van der Waals surface area (Å²) < 4.78 is 0. The van der Waals surface area contributed by atoms with Crippen LogP contribution in [0.1, 0.15) is 46.4 Å². The van der Waals surface area contributed by atoms with Gasteiger partial charge < -0.3 is 9.80 Å². The number of hydrogen-bond donors (Lipinski definition) is 0. The summed E-state index contributed by atoms with van der Waals surface area (Å²) in [5.74, 6) is 2.18. The Morgan fingerprint density at radius 1 is 0.938 bits per heavy atom. The summed E-state index contributed by atoms with van der Waals surface area (Å²) in [5.41, 5.74) is 3.26. The molecule has 2 aliphatic rings. The van der Waals surface area contributed by atoms with Crippen LogP contribution in [0.5, 0.6) is 0 Å². The molecule has 0 atom stereocenters. The summed E-state index contributed by atoms with van der Waals surface area (Å²) in [7, 11) is 0. The molecule has 32 heavy (non-hydrogen) atoms. The maximum atomic E-state index is 11.6. The Kier molecular flexibility index (Phi) is 5.86. The van der Waals surface area contributed by atoms with Crippen molar-refractivity contribution in [3.05, 3.63) is 46.1 Å². The second-order valence-electron chi connectivity index (χ2n) is 8.99. The first-order valence-corrected chi connectivity index (χ1v) is 12.4. The molecule has 0 aliphatic carbocycles. The first-order chi connectivity index (χ1) is 15.5. The quantitative estimate of drug-likeness (QED) is 0.537. The molecule has 2 saturated heterocycles. The van der Waals surface area contributed by atoms with E-state index in [1.807, 2.05) is 12.1 Å². The number of anilines is 2. The van der Waals surface area contributed by atoms with Gasteiger partial charge in [-0.25, -0.2) is 9.97 Å². The van der Waals surface area contributed by atoms with E-state index < -0.39 is 0 Å². The first-order valence-electron chi connectivity index (χ1n) is 11.6. The Morgan fingerprint density at radius 2 is 1.59 bits per heavy atom. The smallest absolute Gasteiger partial charge is 0.159 e. The molecule has 7 heteroatoms. The number of carbonyl (C=O) groups is 1. The topological polar surface area (TPSA) is 52.6 Å². The summed E-state index contributed by atoms with van der Waals surface area (Å²) in [5, 5.41) is 1.23. The summed E-state index contributed by atoms with van der Waals surface area (Å²) >= 11 is 1.80. The van der Waals surface area contributed by atoms with E-state index in [1.54, 1.807) is 18.3 Å². The summed E-state index contributed by atoms with van der Waals surface area (Å²) in [6, 6.07) is 7.99. The van der Waals surface area contributed by atoms with Crippen LogP contribution in [0.2, 0.25) is 0 Å². The van der Waals surface area contributed by atoms with E-state index >= 15 is 0 Å². The van der Waals surface area contributed by atoms with Crippen LogP contribution in [-0.2, 0) is 6.54 Å². The van der Waals surface area contributed by atoms with Gasteiger partial charge in [-0.1, -0.05) is 0 Å². The molecule has 168 valence electrons. The van der Waals surface area contributed by atoms with E-state index in [1.165, 1.54) is 34.4 Å². The number of fused-ring (bicyclic) bond motifs is 1. The van der Waals surface area contributed by atoms with Gasteiger partial charge in [0.25, 0.3) is 0 Å². The Morgan fingerprint density at radius 3 is 2.25 bits per heavy atom. The van der Waals surface area contributed by atoms with Crippen LogP contribution < -0.4 is 9.80 Å². The highest BCUT2D eigenvalue weighted by atomic mass is 32.1. The number of aryl methyl sites for hydroxylation is 2. The third kappa shape index (κ3) is 4.11. The molecule has 0 spiro atoms. The number of hydrogen-bond acceptors (Lipinski definition) is 7. The van der Waals surface area contributed by atoms with Crippen LogP contribution in [0.15, 0.2) is 24.3 Å². The molecule has 0 unspecified atom stereocenters. The molecule has 0 radical (unpaired) electrons. The standard InChI is InChI=1S/C25H31N5OS/c1-17-19(3)32-25-23(17)24(26-22(27-25)16-28-10-4-5-11-28)30-14-12-29(13-15-30)21-8-6-20(7-9-21)18(2)31/h6-9H,4-5,10-16H2,1-3H3. The van der Waals surface area contributed by atoms with Crippen molar-refractivity contribution in [2.45, 2.75) is 40.2 Å². The SMILES string of the molecule is CC(=O)c1ccc(N2CCN(c3nc(CN4CCCC4)nc4sc(C)c(C)c34)CC2)cc1. The molecule has 0 amide bonds. The predicted molar refractivity (Wildman–Crippen MR) is 132 cm³/mol. The monoisotopic (exact) mass is 449 g/mol. The predicted octanol–water partition coefficient (Wildman–Crippen LogP) is 4.43. The number of piperazine rings is 1. The van der Waals surface area contributed by atoms with Crippen molar-refractivity contribution < 1.29 is 4.79 Å². The van der Waals surface area contributed by atoms with Crippen molar-refractivity contribution in [3.8, 4) is 0 Å². The van der Waals surface area contributed by atoms with E-state index in [0.29, 0.717) is 0 Å². The summed E-state index contributed by atoms with van der Waals surface area (Å²) in [6.45, 7) is 12.9. The number of carbonyl (C=O) groups excluding carboxylic acids is 1. The van der Waals surface area contributed by atoms with E-state index in [4.69, 9.17) is 9.97 Å². The van der Waals surface area contributed by atoms with Crippen LogP contribution in [0.4, 0.5) is 11.5 Å². The average molecular weight is 450 g/mol. The van der Waals surface area contributed by atoms with Gasteiger partial charge >= 0.3 is 0 Å². The number of likely N-dealkylation sites (tertiary alicyclic amines) is 1. The number of nitrogens with zero attached hydrogens (tertiary/aromatic N) is 5. The highest BCUT2D eigenvalue weighted by Gasteiger charge is 2.24. The molecule has 3 aromatic rings. The van der Waals surface area contributed by atoms with Gasteiger partial charge in [0, 0.05) is 42.3 Å². The summed E-state index contributed by atoms with van der Waals surface area (Å²) in [4.78, 5) is 31.4. The highest BCUT2D eigenvalue weighted by molar-refractivity contribution is 7.18. The molecular formula is C25H31N5OS. The van der Waals surface area contributed by atoms with Gasteiger partial charge in [0.1, 0.15) is 16.5 Å². The second-order valence-corrected chi connectivity index (χ2v) is 10.2. The maximum Gasteiger partial charge on any atom is 0.159 e.